The molecule has 0 spiro atoms. The van der Waals surface area contributed by atoms with Crippen LogP contribution < -0.4 is 14.2 Å². The van der Waals surface area contributed by atoms with Crippen LogP contribution in [0.4, 0.5) is 0 Å². The third-order valence-electron chi connectivity index (χ3n) is 9.05. The molecule has 0 saturated carbocycles. The normalized spacial score (nSPS) is 18.0. The van der Waals surface area contributed by atoms with Gasteiger partial charge in [0.1, 0.15) is 0 Å². The molecule has 1 aromatic rings. The minimum absolute atomic E-state index is 0.211. The first-order valence-electron chi connectivity index (χ1n) is 16.5. The van der Waals surface area contributed by atoms with Gasteiger partial charge >= 0.3 is 0 Å². The number of hydrogen-bond acceptors (Lipinski definition) is 7. The van der Waals surface area contributed by atoms with Crippen LogP contribution in [0, 0.1) is 18.8 Å². The van der Waals surface area contributed by atoms with Gasteiger partial charge in [-0.2, -0.15) is 0 Å². The van der Waals surface area contributed by atoms with Crippen LogP contribution in [0.3, 0.4) is 0 Å². The third-order valence-corrected chi connectivity index (χ3v) is 9.05. The van der Waals surface area contributed by atoms with Crippen molar-refractivity contribution in [3.63, 3.8) is 0 Å². The smallest absolute Gasteiger partial charge is 0.236 e. The van der Waals surface area contributed by atoms with Crippen LogP contribution in [0.5, 0.6) is 17.2 Å². The molecule has 1 fully saturated rings. The minimum atomic E-state index is 0.211. The van der Waals surface area contributed by atoms with Crippen molar-refractivity contribution in [1.82, 2.24) is 19.6 Å². The second kappa shape index (κ2) is 20.1. The Kier molecular flexibility index (Phi) is 17.0. The zero-order valence-electron chi connectivity index (χ0n) is 28.3. The Morgan fingerprint density at radius 3 is 2.52 bits per heavy atom. The molecule has 9 nitrogen and oxygen atoms in total. The molecule has 3 unspecified atom stereocenters. The van der Waals surface area contributed by atoms with Gasteiger partial charge in [0.15, 0.2) is 11.5 Å². The van der Waals surface area contributed by atoms with E-state index in [4.69, 9.17) is 14.2 Å². The molecule has 3 atom stereocenters. The van der Waals surface area contributed by atoms with Gasteiger partial charge in [-0.3, -0.25) is 14.5 Å². The van der Waals surface area contributed by atoms with Gasteiger partial charge in [0.25, 0.3) is 0 Å². The van der Waals surface area contributed by atoms with E-state index in [0.29, 0.717) is 30.0 Å². The standard InChI is InChI=1S/C33H56N4O5.C2H2/c1-7-9-16-36(17-10-12-26(3)8-2)32(39)23-37-22-28(27-20-30(40-6)33-31(21-27)41-25-42-33)19-29(37)13-18-34(4)14-11-15-35(5)24-38;1-2/h20-21,24,26,28-29H,7-19,22-23,25H2,1-6H3;1-2H. The second-order valence-electron chi connectivity index (χ2n) is 12.4. The molecule has 1 aromatic carbocycles. The van der Waals surface area contributed by atoms with Crippen LogP contribution >= 0.6 is 0 Å². The van der Waals surface area contributed by atoms with Gasteiger partial charge in [0.05, 0.1) is 13.7 Å². The van der Waals surface area contributed by atoms with Crippen LogP contribution in [0.1, 0.15) is 83.6 Å². The average Bonchev–Trinajstić information content (AvgIpc) is 3.68. The number of unbranched alkanes of at least 4 members (excludes halogenated alkanes) is 1. The zero-order valence-corrected chi connectivity index (χ0v) is 28.3. The van der Waals surface area contributed by atoms with E-state index in [2.05, 4.69) is 67.5 Å². The molecule has 2 aliphatic rings. The maximum atomic E-state index is 13.7. The summed E-state index contributed by atoms with van der Waals surface area (Å²) in [7, 11) is 5.63. The SMILES string of the molecule is C#C.CCCCN(CCCC(C)CC)C(=O)CN1CC(c2cc(OC)c3c(c2)OCO3)CC1CCN(C)CCCN(C)C=O. The number of likely N-dealkylation sites (tertiary alicyclic amines) is 1. The molecule has 2 heterocycles. The summed E-state index contributed by atoms with van der Waals surface area (Å²) in [5.41, 5.74) is 1.18. The van der Waals surface area contributed by atoms with Gasteiger partial charge < -0.3 is 28.9 Å². The lowest BCUT2D eigenvalue weighted by atomic mass is 9.94. The number of rotatable bonds is 20. The molecule has 0 aliphatic carbocycles. The third kappa shape index (κ3) is 11.5. The van der Waals surface area contributed by atoms with Gasteiger partial charge in [0, 0.05) is 39.3 Å². The summed E-state index contributed by atoms with van der Waals surface area (Å²) in [6.07, 6.45) is 17.4. The Morgan fingerprint density at radius 1 is 1.09 bits per heavy atom. The van der Waals surface area contributed by atoms with Crippen molar-refractivity contribution >= 4 is 12.3 Å². The maximum Gasteiger partial charge on any atom is 0.236 e. The van der Waals surface area contributed by atoms with E-state index < -0.39 is 0 Å². The van der Waals surface area contributed by atoms with Gasteiger partial charge in [-0.15, -0.1) is 12.8 Å². The summed E-state index contributed by atoms with van der Waals surface area (Å²) in [5, 5.41) is 0. The van der Waals surface area contributed by atoms with E-state index in [1.54, 1.807) is 12.0 Å². The van der Waals surface area contributed by atoms with Crippen molar-refractivity contribution in [1.29, 1.82) is 0 Å². The topological polar surface area (TPSA) is 74.8 Å². The number of nitrogens with zero attached hydrogens (tertiary/aromatic N) is 4. The van der Waals surface area contributed by atoms with E-state index in [0.717, 1.165) is 90.0 Å². The summed E-state index contributed by atoms with van der Waals surface area (Å²) < 4.78 is 17.0. The Morgan fingerprint density at radius 2 is 1.84 bits per heavy atom. The molecule has 248 valence electrons. The first-order valence-corrected chi connectivity index (χ1v) is 16.5. The summed E-state index contributed by atoms with van der Waals surface area (Å²) in [6.45, 7) is 12.6. The fraction of sp³-hybridized carbons (Fsp3) is 0.714. The molecule has 9 heteroatoms. The van der Waals surface area contributed by atoms with Crippen molar-refractivity contribution in [3.05, 3.63) is 17.7 Å². The van der Waals surface area contributed by atoms with Crippen LogP contribution in [0.2, 0.25) is 0 Å². The number of methoxy groups -OCH3 is 1. The summed E-state index contributed by atoms with van der Waals surface area (Å²) in [6, 6.07) is 4.48. The van der Waals surface area contributed by atoms with Crippen molar-refractivity contribution in [2.75, 3.05) is 73.8 Å². The maximum absolute atomic E-state index is 13.7. The van der Waals surface area contributed by atoms with Crippen molar-refractivity contribution in [2.45, 2.75) is 84.1 Å². The van der Waals surface area contributed by atoms with Gasteiger partial charge in [-0.05, 0) is 88.2 Å². The number of amides is 2. The first-order chi connectivity index (χ1) is 21.3. The average molecular weight is 615 g/mol. The molecule has 2 aliphatic heterocycles. The van der Waals surface area contributed by atoms with E-state index in [-0.39, 0.29) is 18.6 Å². The van der Waals surface area contributed by atoms with Crippen LogP contribution in [-0.4, -0.2) is 112 Å². The Balaban J connectivity index is 0.00000330. The predicted octanol–water partition coefficient (Wildman–Crippen LogP) is 5.09. The van der Waals surface area contributed by atoms with Gasteiger partial charge in [-0.1, -0.05) is 33.6 Å². The lowest BCUT2D eigenvalue weighted by Gasteiger charge is -2.30. The molecule has 0 radical (unpaired) electrons. The number of terminal acetylenes is 1. The quantitative estimate of drug-likeness (QED) is 0.150. The largest absolute Gasteiger partial charge is 0.493 e. The number of carbonyl (C=O) groups excluding carboxylic acids is 2. The highest BCUT2D eigenvalue weighted by Crippen LogP contribution is 2.45. The number of ether oxygens (including phenoxy) is 3. The van der Waals surface area contributed by atoms with Crippen molar-refractivity contribution in [2.24, 2.45) is 5.92 Å². The number of carbonyl (C=O) groups is 2. The fourth-order valence-corrected chi connectivity index (χ4v) is 6.05. The molecular formula is C35H58N4O5. The molecule has 44 heavy (non-hydrogen) atoms. The fourth-order valence-electron chi connectivity index (χ4n) is 6.05. The molecule has 3 rings (SSSR count). The lowest BCUT2D eigenvalue weighted by molar-refractivity contribution is -0.133. The van der Waals surface area contributed by atoms with Crippen LogP contribution in [0.15, 0.2) is 12.1 Å². The van der Waals surface area contributed by atoms with E-state index >= 15 is 0 Å². The van der Waals surface area contributed by atoms with E-state index in [1.807, 2.05) is 7.05 Å². The monoisotopic (exact) mass is 614 g/mol. The number of fused-ring (bicyclic) bond motifs is 1. The van der Waals surface area contributed by atoms with Gasteiger partial charge in [-0.25, -0.2) is 0 Å². The molecule has 0 N–H and O–H groups in total. The second-order valence-corrected chi connectivity index (χ2v) is 12.4. The highest BCUT2D eigenvalue weighted by atomic mass is 16.7. The molecule has 1 saturated heterocycles. The van der Waals surface area contributed by atoms with E-state index in [9.17, 15) is 9.59 Å². The predicted molar refractivity (Wildman–Crippen MR) is 177 cm³/mol. The van der Waals surface area contributed by atoms with Gasteiger partial charge in [0.2, 0.25) is 24.9 Å². The first kappa shape index (κ1) is 37.2. The van der Waals surface area contributed by atoms with Crippen molar-refractivity contribution in [3.8, 4) is 30.1 Å². The molecule has 2 amide bonds. The summed E-state index contributed by atoms with van der Waals surface area (Å²) in [4.78, 5) is 33.2. The minimum Gasteiger partial charge on any atom is -0.493 e. The van der Waals surface area contributed by atoms with E-state index in [1.165, 1.54) is 18.4 Å². The number of benzene rings is 1. The Bertz CT molecular complexity index is 1020. The number of hydrogen-bond donors (Lipinski definition) is 0. The highest BCUT2D eigenvalue weighted by Gasteiger charge is 2.36. The summed E-state index contributed by atoms with van der Waals surface area (Å²) in [5.74, 6) is 3.36. The Labute approximate surface area is 267 Å². The van der Waals surface area contributed by atoms with Crippen LogP contribution in [-0.2, 0) is 9.59 Å². The lowest BCUT2D eigenvalue weighted by Crippen LogP contribution is -2.43. The van der Waals surface area contributed by atoms with Crippen molar-refractivity contribution < 1.29 is 23.8 Å². The molecule has 0 aromatic heterocycles. The highest BCUT2D eigenvalue weighted by molar-refractivity contribution is 5.78. The summed E-state index contributed by atoms with van der Waals surface area (Å²) >= 11 is 0. The molecule has 0 bridgehead atoms. The molecular weight excluding hydrogens is 556 g/mol. The Hall–Kier alpha value is -2.96. The van der Waals surface area contributed by atoms with Crippen LogP contribution in [0.25, 0.3) is 0 Å². The zero-order chi connectivity index (χ0) is 32.5.